The zero-order valence-corrected chi connectivity index (χ0v) is 10.6. The summed E-state index contributed by atoms with van der Waals surface area (Å²) in [6.45, 7) is 2.56. The maximum absolute atomic E-state index is 13.2. The lowest BCUT2D eigenvalue weighted by atomic mass is 10.2. The first-order valence-corrected chi connectivity index (χ1v) is 5.71. The highest BCUT2D eigenvalue weighted by Crippen LogP contribution is 2.24. The van der Waals surface area contributed by atoms with Gasteiger partial charge in [-0.1, -0.05) is 6.92 Å². The van der Waals surface area contributed by atoms with E-state index >= 15 is 0 Å². The molecule has 0 aliphatic heterocycles. The highest BCUT2D eigenvalue weighted by molar-refractivity contribution is 14.1. The fraction of sp³-hybridized carbons (Fsp3) is 0.400. The van der Waals surface area contributed by atoms with Crippen LogP contribution in [0.15, 0.2) is 12.1 Å². The Hall–Kier alpha value is -0.560. The second-order valence-electron chi connectivity index (χ2n) is 3.52. The van der Waals surface area contributed by atoms with Gasteiger partial charge >= 0.3 is 0 Å². The van der Waals surface area contributed by atoms with Crippen LogP contribution < -0.4 is 11.1 Å². The topological polar surface area (TPSA) is 58.3 Å². The maximum Gasteiger partial charge on any atom is 0.138 e. The number of hydrogen-bond acceptors (Lipinski definition) is 3. The van der Waals surface area contributed by atoms with Crippen molar-refractivity contribution in [2.75, 3.05) is 24.2 Å². The number of nitrogens with one attached hydrogen (secondary N) is 1. The van der Waals surface area contributed by atoms with Crippen molar-refractivity contribution in [3.63, 3.8) is 0 Å². The third kappa shape index (κ3) is 3.49. The van der Waals surface area contributed by atoms with Gasteiger partial charge in [0.1, 0.15) is 5.82 Å². The zero-order valence-electron chi connectivity index (χ0n) is 8.43. The lowest BCUT2D eigenvalue weighted by molar-refractivity contribution is 0.244. The fourth-order valence-corrected chi connectivity index (χ4v) is 1.56. The molecule has 0 radical (unpaired) electrons. The van der Waals surface area contributed by atoms with E-state index in [1.54, 1.807) is 6.07 Å². The van der Waals surface area contributed by atoms with E-state index in [0.29, 0.717) is 21.5 Å². The lowest BCUT2D eigenvalue weighted by Gasteiger charge is -2.13. The van der Waals surface area contributed by atoms with E-state index in [2.05, 4.69) is 5.32 Å². The van der Waals surface area contributed by atoms with E-state index in [1.807, 2.05) is 29.5 Å². The van der Waals surface area contributed by atoms with E-state index < -0.39 is 0 Å². The minimum absolute atomic E-state index is 0.0970. The van der Waals surface area contributed by atoms with Crippen LogP contribution in [0.2, 0.25) is 0 Å². The smallest absolute Gasteiger partial charge is 0.138 e. The van der Waals surface area contributed by atoms with Crippen LogP contribution in [0.5, 0.6) is 0 Å². The number of aliphatic hydroxyl groups is 1. The molecule has 3 nitrogen and oxygen atoms in total. The van der Waals surface area contributed by atoms with Gasteiger partial charge in [0.15, 0.2) is 0 Å². The van der Waals surface area contributed by atoms with Crippen LogP contribution in [0.1, 0.15) is 6.92 Å². The SMILES string of the molecule is CC(CO)CNc1cc(F)c(I)cc1N. The summed E-state index contributed by atoms with van der Waals surface area (Å²) in [4.78, 5) is 0. The standard InChI is InChI=1S/C10H14FIN2O/c1-6(5-15)4-14-10-2-7(11)8(12)3-9(10)13/h2-3,6,14-15H,4-5,13H2,1H3. The van der Waals surface area contributed by atoms with Crippen molar-refractivity contribution in [2.24, 2.45) is 5.92 Å². The average Bonchev–Trinajstić information content (AvgIpc) is 2.21. The number of rotatable bonds is 4. The molecule has 0 amide bonds. The molecule has 1 rings (SSSR count). The van der Waals surface area contributed by atoms with Crippen molar-refractivity contribution in [3.8, 4) is 0 Å². The van der Waals surface area contributed by atoms with E-state index in [0.717, 1.165) is 0 Å². The van der Waals surface area contributed by atoms with Gasteiger partial charge in [0, 0.05) is 19.2 Å². The van der Waals surface area contributed by atoms with Crippen molar-refractivity contribution < 1.29 is 9.50 Å². The van der Waals surface area contributed by atoms with Crippen molar-refractivity contribution in [1.29, 1.82) is 0 Å². The summed E-state index contributed by atoms with van der Waals surface area (Å²) in [5.74, 6) is -0.171. The van der Waals surface area contributed by atoms with Gasteiger partial charge < -0.3 is 16.2 Å². The summed E-state index contributed by atoms with van der Waals surface area (Å²) in [7, 11) is 0. The molecule has 1 unspecified atom stereocenters. The second kappa shape index (κ2) is 5.50. The predicted molar refractivity (Wildman–Crippen MR) is 68.3 cm³/mol. The minimum Gasteiger partial charge on any atom is -0.397 e. The Morgan fingerprint density at radius 3 is 2.87 bits per heavy atom. The highest BCUT2D eigenvalue weighted by atomic mass is 127. The van der Waals surface area contributed by atoms with Gasteiger partial charge in [-0.25, -0.2) is 4.39 Å². The van der Waals surface area contributed by atoms with Gasteiger partial charge in [-0.3, -0.25) is 0 Å². The normalized spacial score (nSPS) is 12.5. The predicted octanol–water partition coefficient (Wildman–Crippen LogP) is 2.05. The molecule has 84 valence electrons. The minimum atomic E-state index is -0.288. The van der Waals surface area contributed by atoms with E-state index in [1.165, 1.54) is 6.07 Å². The Morgan fingerprint density at radius 1 is 1.60 bits per heavy atom. The molecule has 0 aromatic heterocycles. The molecule has 15 heavy (non-hydrogen) atoms. The monoisotopic (exact) mass is 324 g/mol. The third-order valence-electron chi connectivity index (χ3n) is 2.05. The van der Waals surface area contributed by atoms with E-state index in [4.69, 9.17) is 10.8 Å². The molecule has 4 N–H and O–H groups in total. The lowest BCUT2D eigenvalue weighted by Crippen LogP contribution is -2.15. The Morgan fingerprint density at radius 2 is 2.27 bits per heavy atom. The Labute approximate surface area is 102 Å². The molecule has 0 saturated carbocycles. The number of nitrogens with two attached hydrogens (primary N) is 1. The molecule has 0 spiro atoms. The van der Waals surface area contributed by atoms with Gasteiger partial charge in [-0.15, -0.1) is 0 Å². The number of aliphatic hydroxyl groups excluding tert-OH is 1. The quantitative estimate of drug-likeness (QED) is 0.587. The van der Waals surface area contributed by atoms with Gasteiger partial charge in [-0.2, -0.15) is 0 Å². The van der Waals surface area contributed by atoms with Crippen LogP contribution in [0, 0.1) is 15.3 Å². The summed E-state index contributed by atoms with van der Waals surface area (Å²) in [5.41, 5.74) is 6.82. The zero-order chi connectivity index (χ0) is 11.4. The number of halogens is 2. The van der Waals surface area contributed by atoms with Crippen LogP contribution in [0.3, 0.4) is 0 Å². The second-order valence-corrected chi connectivity index (χ2v) is 4.68. The molecule has 1 aromatic carbocycles. The summed E-state index contributed by atoms with van der Waals surface area (Å²) in [6.07, 6.45) is 0. The molecule has 0 aliphatic rings. The molecule has 0 bridgehead atoms. The van der Waals surface area contributed by atoms with Crippen LogP contribution in [-0.4, -0.2) is 18.3 Å². The van der Waals surface area contributed by atoms with Crippen LogP contribution in [-0.2, 0) is 0 Å². The average molecular weight is 324 g/mol. The number of hydrogen-bond donors (Lipinski definition) is 3. The molecule has 0 saturated heterocycles. The first kappa shape index (κ1) is 12.5. The molecular formula is C10H14FIN2O. The van der Waals surface area contributed by atoms with Crippen LogP contribution in [0.25, 0.3) is 0 Å². The summed E-state index contributed by atoms with van der Waals surface area (Å²) in [5, 5.41) is 11.8. The van der Waals surface area contributed by atoms with Crippen LogP contribution in [0.4, 0.5) is 15.8 Å². The van der Waals surface area contributed by atoms with Crippen molar-refractivity contribution in [1.82, 2.24) is 0 Å². The van der Waals surface area contributed by atoms with Crippen molar-refractivity contribution in [3.05, 3.63) is 21.5 Å². The van der Waals surface area contributed by atoms with Crippen molar-refractivity contribution in [2.45, 2.75) is 6.92 Å². The number of nitrogen functional groups attached to an aromatic ring is 1. The van der Waals surface area contributed by atoms with Crippen LogP contribution >= 0.6 is 22.6 Å². The maximum atomic E-state index is 13.2. The summed E-state index contributed by atoms with van der Waals surface area (Å²) < 4.78 is 13.7. The van der Waals surface area contributed by atoms with Gasteiger partial charge in [0.05, 0.1) is 14.9 Å². The molecule has 0 heterocycles. The molecule has 0 fully saturated rings. The number of anilines is 2. The molecular weight excluding hydrogens is 310 g/mol. The summed E-state index contributed by atoms with van der Waals surface area (Å²) >= 11 is 1.89. The highest BCUT2D eigenvalue weighted by Gasteiger charge is 2.06. The van der Waals surface area contributed by atoms with E-state index in [9.17, 15) is 4.39 Å². The first-order chi connectivity index (χ1) is 7.04. The number of benzene rings is 1. The Bertz CT molecular complexity index is 346. The fourth-order valence-electron chi connectivity index (χ4n) is 1.06. The Kier molecular flexibility index (Phi) is 4.59. The van der Waals surface area contributed by atoms with E-state index in [-0.39, 0.29) is 18.3 Å². The van der Waals surface area contributed by atoms with Gasteiger partial charge in [0.2, 0.25) is 0 Å². The van der Waals surface area contributed by atoms with Gasteiger partial charge in [0.25, 0.3) is 0 Å². The molecule has 5 heteroatoms. The Balaban J connectivity index is 2.73. The third-order valence-corrected chi connectivity index (χ3v) is 2.87. The van der Waals surface area contributed by atoms with Gasteiger partial charge in [-0.05, 0) is 34.6 Å². The molecule has 1 aromatic rings. The first-order valence-electron chi connectivity index (χ1n) is 4.63. The largest absolute Gasteiger partial charge is 0.397 e. The molecule has 1 atom stereocenters. The molecule has 0 aliphatic carbocycles. The summed E-state index contributed by atoms with van der Waals surface area (Å²) in [6, 6.07) is 2.96. The van der Waals surface area contributed by atoms with Crippen molar-refractivity contribution >= 4 is 34.0 Å².